The molecule has 0 aliphatic carbocycles. The predicted octanol–water partition coefficient (Wildman–Crippen LogP) is 1.47. The number of halogens is 1. The van der Waals surface area contributed by atoms with E-state index in [-0.39, 0.29) is 12.5 Å². The van der Waals surface area contributed by atoms with Crippen molar-refractivity contribution >= 4 is 35.1 Å². The van der Waals surface area contributed by atoms with E-state index in [4.69, 9.17) is 11.6 Å². The van der Waals surface area contributed by atoms with Crippen molar-refractivity contribution in [1.82, 2.24) is 10.4 Å². The zero-order valence-electron chi connectivity index (χ0n) is 9.30. The van der Waals surface area contributed by atoms with E-state index in [0.717, 1.165) is 11.1 Å². The normalized spacial score (nSPS) is 17.8. The van der Waals surface area contributed by atoms with Gasteiger partial charge in [-0.25, -0.2) is 10.4 Å². The Labute approximate surface area is 108 Å². The van der Waals surface area contributed by atoms with Crippen LogP contribution in [0.15, 0.2) is 40.5 Å². The maximum Gasteiger partial charge on any atom is 0.261 e. The van der Waals surface area contributed by atoms with Crippen LogP contribution in [0, 0.1) is 0 Å². The standard InChI is InChI=1S/C12H9ClN4O/c13-10-3-1-8(2-4-10)9-5-11-15-16-12(18)7-17(11)14-6-9/h1-6H,7H2,(H,16,18). The summed E-state index contributed by atoms with van der Waals surface area (Å²) in [5, 5.41) is 10.4. The second-order valence-corrected chi connectivity index (χ2v) is 4.35. The summed E-state index contributed by atoms with van der Waals surface area (Å²) in [6.07, 6.45) is 3.58. The minimum absolute atomic E-state index is 0.167. The number of nitrogens with one attached hydrogen (secondary N) is 1. The van der Waals surface area contributed by atoms with Gasteiger partial charge < -0.3 is 0 Å². The van der Waals surface area contributed by atoms with E-state index in [1.807, 2.05) is 30.3 Å². The maximum atomic E-state index is 11.1. The Kier molecular flexibility index (Phi) is 2.60. The number of carbonyl (C=O) groups excluding carboxylic acids is 1. The smallest absolute Gasteiger partial charge is 0.261 e. The Morgan fingerprint density at radius 2 is 2.06 bits per heavy atom. The SMILES string of the molecule is O=C1CN2N=CC(c3ccc(Cl)cc3)=CC2=NN1. The molecule has 18 heavy (non-hydrogen) atoms. The quantitative estimate of drug-likeness (QED) is 0.831. The number of hydrogen-bond donors (Lipinski definition) is 1. The van der Waals surface area contributed by atoms with Gasteiger partial charge in [0.1, 0.15) is 6.54 Å². The Morgan fingerprint density at radius 3 is 2.83 bits per heavy atom. The van der Waals surface area contributed by atoms with Crippen molar-refractivity contribution in [2.75, 3.05) is 6.54 Å². The molecule has 2 aliphatic rings. The van der Waals surface area contributed by atoms with Crippen LogP contribution in [0.1, 0.15) is 5.56 Å². The summed E-state index contributed by atoms with van der Waals surface area (Å²) in [4.78, 5) is 11.1. The Balaban J connectivity index is 1.94. The molecule has 0 fully saturated rings. The van der Waals surface area contributed by atoms with Crippen molar-refractivity contribution in [2.45, 2.75) is 0 Å². The zero-order valence-corrected chi connectivity index (χ0v) is 10.1. The van der Waals surface area contributed by atoms with Gasteiger partial charge in [0, 0.05) is 10.6 Å². The first-order valence-electron chi connectivity index (χ1n) is 5.38. The number of carbonyl (C=O) groups is 1. The molecule has 0 spiro atoms. The van der Waals surface area contributed by atoms with E-state index in [1.54, 1.807) is 11.2 Å². The summed E-state index contributed by atoms with van der Waals surface area (Å²) in [6, 6.07) is 7.47. The van der Waals surface area contributed by atoms with Crippen LogP contribution < -0.4 is 5.43 Å². The molecule has 1 aromatic carbocycles. The number of rotatable bonds is 1. The molecule has 0 atom stereocenters. The summed E-state index contributed by atoms with van der Waals surface area (Å²) < 4.78 is 0. The fourth-order valence-electron chi connectivity index (χ4n) is 1.74. The third-order valence-corrected chi connectivity index (χ3v) is 2.90. The number of amides is 1. The van der Waals surface area contributed by atoms with Crippen LogP contribution in [0.25, 0.3) is 5.57 Å². The van der Waals surface area contributed by atoms with Crippen LogP contribution in [0.4, 0.5) is 0 Å². The molecule has 1 amide bonds. The highest BCUT2D eigenvalue weighted by Gasteiger charge is 2.21. The van der Waals surface area contributed by atoms with Crippen molar-refractivity contribution in [3.8, 4) is 0 Å². The third-order valence-electron chi connectivity index (χ3n) is 2.65. The molecule has 90 valence electrons. The molecule has 6 heteroatoms. The monoisotopic (exact) mass is 260 g/mol. The number of allylic oxidation sites excluding steroid dienone is 1. The summed E-state index contributed by atoms with van der Waals surface area (Å²) >= 11 is 5.84. The number of amidine groups is 1. The van der Waals surface area contributed by atoms with Crippen molar-refractivity contribution in [1.29, 1.82) is 0 Å². The highest BCUT2D eigenvalue weighted by molar-refractivity contribution is 6.30. The van der Waals surface area contributed by atoms with Gasteiger partial charge in [0.15, 0.2) is 5.84 Å². The van der Waals surface area contributed by atoms with Gasteiger partial charge in [-0.15, -0.1) is 0 Å². The van der Waals surface area contributed by atoms with Gasteiger partial charge in [-0.2, -0.15) is 10.2 Å². The molecule has 3 rings (SSSR count). The molecular formula is C12H9ClN4O. The summed E-state index contributed by atoms with van der Waals surface area (Å²) in [6.45, 7) is 0.194. The summed E-state index contributed by atoms with van der Waals surface area (Å²) in [7, 11) is 0. The molecule has 0 saturated carbocycles. The molecule has 2 heterocycles. The third kappa shape index (κ3) is 2.00. The van der Waals surface area contributed by atoms with Crippen LogP contribution in [0.5, 0.6) is 0 Å². The lowest BCUT2D eigenvalue weighted by molar-refractivity contribution is -0.122. The lowest BCUT2D eigenvalue weighted by Crippen LogP contribution is -2.42. The van der Waals surface area contributed by atoms with Gasteiger partial charge in [0.2, 0.25) is 0 Å². The van der Waals surface area contributed by atoms with Crippen LogP contribution in [-0.2, 0) is 4.79 Å². The van der Waals surface area contributed by atoms with Gasteiger partial charge in [-0.1, -0.05) is 23.7 Å². The first kappa shape index (κ1) is 11.0. The molecule has 5 nitrogen and oxygen atoms in total. The molecule has 0 aromatic heterocycles. The molecule has 1 aromatic rings. The average Bonchev–Trinajstić information content (AvgIpc) is 2.39. The van der Waals surface area contributed by atoms with Crippen LogP contribution in [-0.4, -0.2) is 29.5 Å². The van der Waals surface area contributed by atoms with Crippen molar-refractivity contribution in [3.63, 3.8) is 0 Å². The fraction of sp³-hybridized carbons (Fsp3) is 0.0833. The van der Waals surface area contributed by atoms with Gasteiger partial charge in [-0.3, -0.25) is 4.79 Å². The molecule has 0 radical (unpaired) electrons. The van der Waals surface area contributed by atoms with Crippen LogP contribution in [0.3, 0.4) is 0 Å². The number of hydrogen-bond acceptors (Lipinski definition) is 4. The van der Waals surface area contributed by atoms with E-state index in [1.165, 1.54) is 0 Å². The van der Waals surface area contributed by atoms with Gasteiger partial charge in [0.25, 0.3) is 5.91 Å². The molecule has 0 saturated heterocycles. The highest BCUT2D eigenvalue weighted by Crippen LogP contribution is 2.19. The summed E-state index contributed by atoms with van der Waals surface area (Å²) in [5.41, 5.74) is 4.36. The van der Waals surface area contributed by atoms with Crippen molar-refractivity contribution < 1.29 is 4.79 Å². The molecule has 0 unspecified atom stereocenters. The molecule has 2 aliphatic heterocycles. The van der Waals surface area contributed by atoms with E-state index < -0.39 is 0 Å². The molecule has 0 bridgehead atoms. The van der Waals surface area contributed by atoms with E-state index in [0.29, 0.717) is 10.9 Å². The van der Waals surface area contributed by atoms with Crippen LogP contribution in [0.2, 0.25) is 5.02 Å². The second-order valence-electron chi connectivity index (χ2n) is 3.91. The number of nitrogens with zero attached hydrogens (tertiary/aromatic N) is 3. The fourth-order valence-corrected chi connectivity index (χ4v) is 1.87. The average molecular weight is 261 g/mol. The number of hydrazone groups is 2. The van der Waals surface area contributed by atoms with E-state index >= 15 is 0 Å². The van der Waals surface area contributed by atoms with E-state index in [9.17, 15) is 4.79 Å². The van der Waals surface area contributed by atoms with Crippen molar-refractivity contribution in [3.05, 3.63) is 40.9 Å². The molecule has 1 N–H and O–H groups in total. The van der Waals surface area contributed by atoms with Crippen molar-refractivity contribution in [2.24, 2.45) is 10.2 Å². The molecular weight excluding hydrogens is 252 g/mol. The highest BCUT2D eigenvalue weighted by atomic mass is 35.5. The minimum atomic E-state index is -0.167. The predicted molar refractivity (Wildman–Crippen MR) is 70.2 cm³/mol. The second kappa shape index (κ2) is 4.27. The summed E-state index contributed by atoms with van der Waals surface area (Å²) in [5.74, 6) is 0.460. The van der Waals surface area contributed by atoms with Gasteiger partial charge in [0.05, 0.1) is 6.21 Å². The lowest BCUT2D eigenvalue weighted by atomic mass is 10.1. The minimum Gasteiger partial charge on any atom is -0.271 e. The lowest BCUT2D eigenvalue weighted by Gasteiger charge is -2.25. The number of benzene rings is 1. The maximum absolute atomic E-state index is 11.1. The topological polar surface area (TPSA) is 57.1 Å². The number of fused-ring (bicyclic) bond motifs is 1. The van der Waals surface area contributed by atoms with Gasteiger partial charge in [-0.05, 0) is 23.8 Å². The first-order chi connectivity index (χ1) is 8.72. The van der Waals surface area contributed by atoms with Crippen LogP contribution >= 0.6 is 11.6 Å². The zero-order chi connectivity index (χ0) is 12.5. The Hall–Kier alpha value is -2.14. The largest absolute Gasteiger partial charge is 0.271 e. The Morgan fingerprint density at radius 1 is 1.28 bits per heavy atom. The Bertz CT molecular complexity index is 589. The van der Waals surface area contributed by atoms with Gasteiger partial charge >= 0.3 is 0 Å². The first-order valence-corrected chi connectivity index (χ1v) is 5.76. The van der Waals surface area contributed by atoms with E-state index in [2.05, 4.69) is 15.6 Å².